The lowest BCUT2D eigenvalue weighted by atomic mass is 10.1. The van der Waals surface area contributed by atoms with Gasteiger partial charge >= 0.3 is 5.97 Å². The van der Waals surface area contributed by atoms with Crippen LogP contribution in [0.2, 0.25) is 0 Å². The molecule has 1 aliphatic carbocycles. The summed E-state index contributed by atoms with van der Waals surface area (Å²) in [5, 5.41) is 14.8. The maximum Gasteiger partial charge on any atom is 0.327 e. The van der Waals surface area contributed by atoms with E-state index in [2.05, 4.69) is 10.6 Å². The molecule has 1 saturated carbocycles. The molecule has 0 radical (unpaired) electrons. The average Bonchev–Trinajstić information content (AvgIpc) is 3.17. The Morgan fingerprint density at radius 3 is 2.65 bits per heavy atom. The molecule has 3 fully saturated rings. The van der Waals surface area contributed by atoms with Crippen molar-refractivity contribution in [2.75, 3.05) is 18.8 Å². The molecule has 2 heterocycles. The lowest BCUT2D eigenvalue weighted by molar-refractivity contribution is -0.150. The van der Waals surface area contributed by atoms with Gasteiger partial charge in [0, 0.05) is 12.3 Å². The van der Waals surface area contributed by atoms with Crippen LogP contribution in [0.5, 0.6) is 0 Å². The zero-order valence-corrected chi connectivity index (χ0v) is 11.7. The largest absolute Gasteiger partial charge is 0.480 e. The number of hydrogen-bond acceptors (Lipinski definition) is 5. The molecule has 0 spiro atoms. The SMILES string of the molecule is O=C1CNC(C(=O)N2C(C(=O)O)CSC2C2CC2)CN1. The van der Waals surface area contributed by atoms with Crippen LogP contribution in [0.1, 0.15) is 12.8 Å². The van der Waals surface area contributed by atoms with E-state index in [0.717, 1.165) is 12.8 Å². The number of thioether (sulfide) groups is 1. The highest BCUT2D eigenvalue weighted by Crippen LogP contribution is 2.45. The van der Waals surface area contributed by atoms with E-state index in [4.69, 9.17) is 0 Å². The molecule has 0 aromatic heterocycles. The van der Waals surface area contributed by atoms with Crippen molar-refractivity contribution in [2.45, 2.75) is 30.3 Å². The maximum absolute atomic E-state index is 12.6. The second kappa shape index (κ2) is 5.25. The van der Waals surface area contributed by atoms with Crippen molar-refractivity contribution < 1.29 is 19.5 Å². The number of aliphatic carboxylic acids is 1. The molecule has 3 N–H and O–H groups in total. The molecule has 2 amide bonds. The first kappa shape index (κ1) is 13.7. The van der Waals surface area contributed by atoms with Crippen LogP contribution in [0.25, 0.3) is 0 Å². The molecule has 8 heteroatoms. The number of carboxylic acids is 1. The van der Waals surface area contributed by atoms with Crippen molar-refractivity contribution in [2.24, 2.45) is 5.92 Å². The summed E-state index contributed by atoms with van der Waals surface area (Å²) in [6.07, 6.45) is 2.12. The number of amides is 2. The zero-order chi connectivity index (χ0) is 14.3. The highest BCUT2D eigenvalue weighted by atomic mass is 32.2. The van der Waals surface area contributed by atoms with E-state index in [1.54, 1.807) is 11.8 Å². The van der Waals surface area contributed by atoms with Gasteiger partial charge in [0.1, 0.15) is 12.1 Å². The topological polar surface area (TPSA) is 98.7 Å². The normalized spacial score (nSPS) is 33.9. The molecule has 20 heavy (non-hydrogen) atoms. The van der Waals surface area contributed by atoms with E-state index in [1.165, 1.54) is 4.90 Å². The van der Waals surface area contributed by atoms with Crippen molar-refractivity contribution in [3.63, 3.8) is 0 Å². The minimum Gasteiger partial charge on any atom is -0.480 e. The van der Waals surface area contributed by atoms with Gasteiger partial charge in [-0.05, 0) is 18.8 Å². The van der Waals surface area contributed by atoms with Crippen molar-refractivity contribution in [1.29, 1.82) is 0 Å². The summed E-state index contributed by atoms with van der Waals surface area (Å²) in [7, 11) is 0. The summed E-state index contributed by atoms with van der Waals surface area (Å²) in [5.74, 6) is -0.431. The Labute approximate surface area is 120 Å². The first-order valence-corrected chi connectivity index (χ1v) is 7.79. The van der Waals surface area contributed by atoms with Gasteiger partial charge in [0.15, 0.2) is 0 Å². The lowest BCUT2D eigenvalue weighted by Gasteiger charge is -2.33. The Morgan fingerprint density at radius 1 is 1.35 bits per heavy atom. The van der Waals surface area contributed by atoms with Crippen molar-refractivity contribution in [3.05, 3.63) is 0 Å². The Morgan fingerprint density at radius 2 is 2.10 bits per heavy atom. The second-order valence-corrected chi connectivity index (χ2v) is 6.55. The first-order chi connectivity index (χ1) is 9.58. The quantitative estimate of drug-likeness (QED) is 0.608. The van der Waals surface area contributed by atoms with Gasteiger partial charge in [-0.1, -0.05) is 0 Å². The van der Waals surface area contributed by atoms with Crippen LogP contribution < -0.4 is 10.6 Å². The van der Waals surface area contributed by atoms with Gasteiger partial charge in [0.25, 0.3) is 0 Å². The molecule has 0 bridgehead atoms. The minimum absolute atomic E-state index is 0.0250. The predicted molar refractivity (Wildman–Crippen MR) is 72.0 cm³/mol. The van der Waals surface area contributed by atoms with Crippen LogP contribution in [-0.2, 0) is 14.4 Å². The fourth-order valence-corrected chi connectivity index (χ4v) is 4.30. The number of carboxylic acid groups (broad SMARTS) is 1. The van der Waals surface area contributed by atoms with Crippen LogP contribution >= 0.6 is 11.8 Å². The molecular formula is C12H17N3O4S. The van der Waals surface area contributed by atoms with E-state index in [-0.39, 0.29) is 30.3 Å². The Bertz CT molecular complexity index is 444. The fraction of sp³-hybridized carbons (Fsp3) is 0.750. The van der Waals surface area contributed by atoms with E-state index >= 15 is 0 Å². The molecular weight excluding hydrogens is 282 g/mol. The van der Waals surface area contributed by atoms with Gasteiger partial charge in [-0.3, -0.25) is 14.9 Å². The third-order valence-electron chi connectivity index (χ3n) is 3.91. The summed E-state index contributed by atoms with van der Waals surface area (Å²) in [4.78, 5) is 36.6. The van der Waals surface area contributed by atoms with Crippen LogP contribution in [0.4, 0.5) is 0 Å². The number of carbonyl (C=O) groups is 3. The van der Waals surface area contributed by atoms with E-state index < -0.39 is 18.1 Å². The van der Waals surface area contributed by atoms with Crippen LogP contribution in [0.3, 0.4) is 0 Å². The van der Waals surface area contributed by atoms with Gasteiger partial charge in [0.05, 0.1) is 11.9 Å². The zero-order valence-electron chi connectivity index (χ0n) is 10.9. The van der Waals surface area contributed by atoms with Crippen molar-refractivity contribution in [1.82, 2.24) is 15.5 Å². The molecule has 3 rings (SSSR count). The number of nitrogens with zero attached hydrogens (tertiary/aromatic N) is 1. The maximum atomic E-state index is 12.6. The predicted octanol–water partition coefficient (Wildman–Crippen LogP) is -1.16. The molecule has 2 saturated heterocycles. The monoisotopic (exact) mass is 299 g/mol. The number of carbonyl (C=O) groups excluding carboxylic acids is 2. The third kappa shape index (κ3) is 2.49. The summed E-state index contributed by atoms with van der Waals surface area (Å²) in [6.45, 7) is 0.325. The summed E-state index contributed by atoms with van der Waals surface area (Å²) in [6, 6.07) is -1.27. The Kier molecular flexibility index (Phi) is 3.59. The third-order valence-corrected chi connectivity index (χ3v) is 5.37. The standard InChI is InChI=1S/C12H17N3O4S/c16-9-4-13-7(3-14-9)10(17)15-8(12(18)19)5-20-11(15)6-1-2-6/h6-8,11,13H,1-5H2,(H,14,16)(H,18,19). The van der Waals surface area contributed by atoms with Crippen molar-refractivity contribution >= 4 is 29.5 Å². The molecule has 0 aromatic rings. The Balaban J connectivity index is 1.74. The summed E-state index contributed by atoms with van der Waals surface area (Å²) >= 11 is 1.56. The molecule has 3 aliphatic rings. The van der Waals surface area contributed by atoms with Gasteiger partial charge in [0.2, 0.25) is 11.8 Å². The minimum atomic E-state index is -0.950. The van der Waals surface area contributed by atoms with Gasteiger partial charge in [-0.15, -0.1) is 11.8 Å². The number of hydrogen-bond donors (Lipinski definition) is 3. The lowest BCUT2D eigenvalue weighted by Crippen LogP contribution is -2.61. The highest BCUT2D eigenvalue weighted by Gasteiger charge is 2.49. The van der Waals surface area contributed by atoms with E-state index in [9.17, 15) is 19.5 Å². The number of rotatable bonds is 3. The fourth-order valence-electron chi connectivity index (χ4n) is 2.66. The summed E-state index contributed by atoms with van der Waals surface area (Å²) in [5.41, 5.74) is 0. The van der Waals surface area contributed by atoms with Gasteiger partial charge in [-0.2, -0.15) is 0 Å². The highest BCUT2D eigenvalue weighted by molar-refractivity contribution is 8.00. The molecule has 110 valence electrons. The number of piperazine rings is 1. The molecule has 3 unspecified atom stereocenters. The van der Waals surface area contributed by atoms with Crippen LogP contribution in [0, 0.1) is 5.92 Å². The average molecular weight is 299 g/mol. The number of nitrogens with one attached hydrogen (secondary N) is 2. The molecule has 0 aromatic carbocycles. The summed E-state index contributed by atoms with van der Waals surface area (Å²) < 4.78 is 0. The Hall–Kier alpha value is -1.28. The van der Waals surface area contributed by atoms with Crippen LogP contribution in [0.15, 0.2) is 0 Å². The van der Waals surface area contributed by atoms with Gasteiger partial charge < -0.3 is 15.3 Å². The second-order valence-electron chi connectivity index (χ2n) is 5.40. The molecule has 3 atom stereocenters. The van der Waals surface area contributed by atoms with Gasteiger partial charge in [-0.25, -0.2) is 4.79 Å². The molecule has 2 aliphatic heterocycles. The van der Waals surface area contributed by atoms with Crippen LogP contribution in [-0.4, -0.2) is 64.1 Å². The smallest absolute Gasteiger partial charge is 0.327 e. The van der Waals surface area contributed by atoms with Crippen molar-refractivity contribution in [3.8, 4) is 0 Å². The van der Waals surface area contributed by atoms with E-state index in [0.29, 0.717) is 11.7 Å². The molecule has 7 nitrogen and oxygen atoms in total. The van der Waals surface area contributed by atoms with E-state index in [1.807, 2.05) is 0 Å². The first-order valence-electron chi connectivity index (χ1n) is 6.74.